The predicted octanol–water partition coefficient (Wildman–Crippen LogP) is 6.05. The molecule has 0 N–H and O–H groups in total. The molecule has 1 aromatic heterocycles. The number of hydrogen-bond donors (Lipinski definition) is 0. The summed E-state index contributed by atoms with van der Waals surface area (Å²) >= 11 is 0. The van der Waals surface area contributed by atoms with Crippen LogP contribution in [-0.4, -0.2) is 42.1 Å². The lowest BCUT2D eigenvalue weighted by Gasteiger charge is -2.30. The van der Waals surface area contributed by atoms with Gasteiger partial charge in [0.05, 0.1) is 16.1 Å². The second kappa shape index (κ2) is 8.40. The molecule has 7 heteroatoms. The molecule has 2 aromatic carbocycles. The summed E-state index contributed by atoms with van der Waals surface area (Å²) in [6.45, 7) is 6.60. The van der Waals surface area contributed by atoms with Crippen LogP contribution in [-0.2, 0) is 14.8 Å². The minimum absolute atomic E-state index is 0.255. The number of nitrogens with zero attached hydrogens (tertiary/aromatic N) is 2. The lowest BCUT2D eigenvalue weighted by molar-refractivity contribution is 0.0547. The van der Waals surface area contributed by atoms with E-state index in [0.717, 1.165) is 47.7 Å². The molecule has 1 saturated heterocycles. The highest BCUT2D eigenvalue weighted by molar-refractivity contribution is 7.89. The summed E-state index contributed by atoms with van der Waals surface area (Å²) in [5, 5.41) is 0.894. The van der Waals surface area contributed by atoms with Crippen molar-refractivity contribution in [3.05, 3.63) is 60.2 Å². The van der Waals surface area contributed by atoms with Crippen molar-refractivity contribution in [3.8, 4) is 11.3 Å². The molecule has 34 heavy (non-hydrogen) atoms. The van der Waals surface area contributed by atoms with Crippen LogP contribution in [0, 0.1) is 0 Å². The number of hydrogen-bond acceptors (Lipinski definition) is 4. The number of allylic oxidation sites excluding steroid dienone is 2. The molecule has 0 saturated carbocycles. The molecule has 0 amide bonds. The number of carbonyl (C=O) groups excluding carboxylic acids is 1. The molecule has 1 fully saturated rings. The Hall–Kier alpha value is -2.90. The Kier molecular flexibility index (Phi) is 5.65. The van der Waals surface area contributed by atoms with Crippen molar-refractivity contribution in [1.29, 1.82) is 0 Å². The summed E-state index contributed by atoms with van der Waals surface area (Å²) in [5.74, 6) is 0. The number of sulfonamides is 1. The van der Waals surface area contributed by atoms with E-state index in [0.29, 0.717) is 18.8 Å². The molecule has 0 bridgehead atoms. The van der Waals surface area contributed by atoms with E-state index in [-0.39, 0.29) is 4.90 Å². The van der Waals surface area contributed by atoms with E-state index in [1.165, 1.54) is 9.88 Å². The smallest absolute Gasteiger partial charge is 0.419 e. The zero-order chi connectivity index (χ0) is 24.1. The number of carbonyl (C=O) groups is 1. The standard InChI is InChI=1S/C27H30N2O4S/c1-27(2,3)33-26(30)29-24-12-7-6-11-20(24)17-25(29)23-18-21(34(31,32)28-15-8-16-28)13-14-22(23)19-9-4-5-10-19/h6-7,9,11-14,17-18H,4-5,8,10,15-16H2,1-3H3. The first-order valence-electron chi connectivity index (χ1n) is 11.8. The highest BCUT2D eigenvalue weighted by Gasteiger charge is 2.31. The van der Waals surface area contributed by atoms with Crippen LogP contribution in [0.5, 0.6) is 0 Å². The zero-order valence-electron chi connectivity index (χ0n) is 19.9. The summed E-state index contributed by atoms with van der Waals surface area (Å²) in [6, 6.07) is 14.9. The van der Waals surface area contributed by atoms with Gasteiger partial charge in [-0.3, -0.25) is 0 Å². The summed E-state index contributed by atoms with van der Waals surface area (Å²) in [4.78, 5) is 13.7. The van der Waals surface area contributed by atoms with Gasteiger partial charge in [0, 0.05) is 24.0 Å². The molecule has 1 aliphatic carbocycles. The maximum absolute atomic E-state index is 13.4. The normalized spacial score (nSPS) is 17.0. The Morgan fingerprint density at radius 1 is 0.971 bits per heavy atom. The molecule has 5 rings (SSSR count). The van der Waals surface area contributed by atoms with E-state index in [2.05, 4.69) is 6.08 Å². The minimum Gasteiger partial charge on any atom is -0.443 e. The van der Waals surface area contributed by atoms with E-state index in [1.807, 2.05) is 57.2 Å². The van der Waals surface area contributed by atoms with Gasteiger partial charge in [-0.1, -0.05) is 30.3 Å². The molecule has 0 unspecified atom stereocenters. The summed E-state index contributed by atoms with van der Waals surface area (Å²) in [6.07, 6.45) is 5.60. The Morgan fingerprint density at radius 2 is 1.74 bits per heavy atom. The van der Waals surface area contributed by atoms with E-state index in [1.54, 1.807) is 16.7 Å². The third-order valence-electron chi connectivity index (χ3n) is 6.39. The molecule has 178 valence electrons. The van der Waals surface area contributed by atoms with Crippen molar-refractivity contribution in [3.63, 3.8) is 0 Å². The second-order valence-electron chi connectivity index (χ2n) is 9.99. The fourth-order valence-corrected chi connectivity index (χ4v) is 6.17. The minimum atomic E-state index is -3.58. The van der Waals surface area contributed by atoms with Crippen molar-refractivity contribution in [2.24, 2.45) is 0 Å². The number of ether oxygens (including phenoxy) is 1. The fraction of sp³-hybridized carbons (Fsp3) is 0.370. The van der Waals surface area contributed by atoms with E-state index in [4.69, 9.17) is 4.74 Å². The van der Waals surface area contributed by atoms with Crippen molar-refractivity contribution in [2.75, 3.05) is 13.1 Å². The third kappa shape index (κ3) is 4.07. The number of aromatic nitrogens is 1. The Morgan fingerprint density at radius 3 is 2.38 bits per heavy atom. The van der Waals surface area contributed by atoms with Gasteiger partial charge in [0.15, 0.2) is 0 Å². The summed E-state index contributed by atoms with van der Waals surface area (Å²) in [7, 11) is -3.58. The van der Waals surface area contributed by atoms with Crippen LogP contribution < -0.4 is 0 Å². The molecule has 6 nitrogen and oxygen atoms in total. The van der Waals surface area contributed by atoms with Crippen molar-refractivity contribution < 1.29 is 17.9 Å². The Labute approximate surface area is 200 Å². The number of para-hydroxylation sites is 1. The van der Waals surface area contributed by atoms with E-state index >= 15 is 0 Å². The van der Waals surface area contributed by atoms with Gasteiger partial charge in [0.1, 0.15) is 5.60 Å². The SMILES string of the molecule is CC(C)(C)OC(=O)n1c(-c2cc(S(=O)(=O)N3CCC3)ccc2C2=CCCC2)cc2ccccc21. The highest BCUT2D eigenvalue weighted by atomic mass is 32.2. The molecule has 0 atom stereocenters. The van der Waals surface area contributed by atoms with Crippen LogP contribution in [0.1, 0.15) is 52.0 Å². The number of fused-ring (bicyclic) bond motifs is 1. The average Bonchev–Trinajstić information content (AvgIpc) is 3.38. The molecule has 0 radical (unpaired) electrons. The quantitative estimate of drug-likeness (QED) is 0.458. The molecular formula is C27H30N2O4S. The van der Waals surface area contributed by atoms with Crippen LogP contribution in [0.4, 0.5) is 4.79 Å². The molecule has 2 aliphatic rings. The Balaban J connectivity index is 1.75. The van der Waals surface area contributed by atoms with Gasteiger partial charge in [0.25, 0.3) is 0 Å². The van der Waals surface area contributed by atoms with Crippen LogP contribution in [0.25, 0.3) is 27.7 Å². The van der Waals surface area contributed by atoms with Gasteiger partial charge >= 0.3 is 6.09 Å². The highest BCUT2D eigenvalue weighted by Crippen LogP contribution is 2.39. The van der Waals surface area contributed by atoms with Crippen LogP contribution >= 0.6 is 0 Å². The first-order valence-corrected chi connectivity index (χ1v) is 13.3. The number of rotatable bonds is 4. The zero-order valence-corrected chi connectivity index (χ0v) is 20.7. The van der Waals surface area contributed by atoms with E-state index in [9.17, 15) is 13.2 Å². The maximum atomic E-state index is 13.4. The van der Waals surface area contributed by atoms with Crippen LogP contribution in [0.3, 0.4) is 0 Å². The predicted molar refractivity (Wildman–Crippen MR) is 134 cm³/mol. The van der Waals surface area contributed by atoms with Gasteiger partial charge in [0.2, 0.25) is 10.0 Å². The molecule has 3 aromatic rings. The monoisotopic (exact) mass is 478 g/mol. The van der Waals surface area contributed by atoms with Crippen molar-refractivity contribution in [2.45, 2.75) is 57.0 Å². The second-order valence-corrected chi connectivity index (χ2v) is 11.9. The first kappa shape index (κ1) is 22.9. The molecular weight excluding hydrogens is 448 g/mol. The molecule has 0 spiro atoms. The summed E-state index contributed by atoms with van der Waals surface area (Å²) in [5.41, 5.74) is 3.58. The fourth-order valence-electron chi connectivity index (χ4n) is 4.63. The molecule has 1 aliphatic heterocycles. The van der Waals surface area contributed by atoms with Gasteiger partial charge in [-0.15, -0.1) is 0 Å². The van der Waals surface area contributed by atoms with Crippen molar-refractivity contribution >= 4 is 32.6 Å². The third-order valence-corrected chi connectivity index (χ3v) is 8.29. The van der Waals surface area contributed by atoms with Gasteiger partial charge in [-0.05, 0) is 81.9 Å². The topological polar surface area (TPSA) is 68.6 Å². The first-order chi connectivity index (χ1) is 16.1. The molecule has 2 heterocycles. The lowest BCUT2D eigenvalue weighted by atomic mass is 9.97. The number of benzene rings is 2. The lowest BCUT2D eigenvalue weighted by Crippen LogP contribution is -2.41. The van der Waals surface area contributed by atoms with Crippen molar-refractivity contribution in [1.82, 2.24) is 8.87 Å². The van der Waals surface area contributed by atoms with Gasteiger partial charge < -0.3 is 4.74 Å². The van der Waals surface area contributed by atoms with Crippen LogP contribution in [0.2, 0.25) is 0 Å². The Bertz CT molecular complexity index is 1410. The summed E-state index contributed by atoms with van der Waals surface area (Å²) < 4.78 is 35.3. The van der Waals surface area contributed by atoms with Crippen LogP contribution in [0.15, 0.2) is 59.5 Å². The van der Waals surface area contributed by atoms with Gasteiger partial charge in [-0.2, -0.15) is 4.31 Å². The van der Waals surface area contributed by atoms with Gasteiger partial charge in [-0.25, -0.2) is 17.8 Å². The average molecular weight is 479 g/mol. The largest absolute Gasteiger partial charge is 0.443 e. The van der Waals surface area contributed by atoms with E-state index < -0.39 is 21.7 Å². The maximum Gasteiger partial charge on any atom is 0.419 e.